The lowest BCUT2D eigenvalue weighted by atomic mass is 10.0. The van der Waals surface area contributed by atoms with Crippen molar-refractivity contribution in [1.82, 2.24) is 14.5 Å². The summed E-state index contributed by atoms with van der Waals surface area (Å²) in [6.45, 7) is 1.73. The maximum absolute atomic E-state index is 12.6. The molecule has 0 aliphatic carbocycles. The van der Waals surface area contributed by atoms with Gasteiger partial charge in [-0.2, -0.15) is 0 Å². The van der Waals surface area contributed by atoms with Gasteiger partial charge in [0.2, 0.25) is 5.91 Å². The van der Waals surface area contributed by atoms with Crippen LogP contribution in [-0.2, 0) is 4.79 Å². The molecule has 9 heteroatoms. The molecular formula is C28H29N5O4. The van der Waals surface area contributed by atoms with Gasteiger partial charge < -0.3 is 20.4 Å². The number of aromatic amines is 1. The summed E-state index contributed by atoms with van der Waals surface area (Å²) in [5.41, 5.74) is 3.36. The van der Waals surface area contributed by atoms with Gasteiger partial charge in [0.25, 0.3) is 5.91 Å². The summed E-state index contributed by atoms with van der Waals surface area (Å²) in [6.07, 6.45) is 1.59. The minimum absolute atomic E-state index is 0.0857. The van der Waals surface area contributed by atoms with Crippen LogP contribution in [0.4, 0.5) is 11.4 Å². The summed E-state index contributed by atoms with van der Waals surface area (Å²) >= 11 is 0. The smallest absolute Gasteiger partial charge is 0.326 e. The number of likely N-dealkylation sites (tertiary alicyclic amines) is 1. The first kappa shape index (κ1) is 24.3. The van der Waals surface area contributed by atoms with E-state index in [9.17, 15) is 14.4 Å². The number of carbonyl (C=O) groups excluding carboxylic acids is 2. The molecule has 0 saturated carbocycles. The van der Waals surface area contributed by atoms with Crippen LogP contribution < -0.4 is 21.1 Å². The number of methoxy groups -OCH3 is 1. The van der Waals surface area contributed by atoms with Crippen LogP contribution in [-0.4, -0.2) is 53.0 Å². The molecule has 0 bridgehead atoms. The fraction of sp³-hybridized carbons (Fsp3) is 0.250. The van der Waals surface area contributed by atoms with Gasteiger partial charge in [0.1, 0.15) is 5.75 Å². The number of rotatable bonds is 7. The molecule has 2 amide bonds. The molecule has 0 radical (unpaired) electrons. The van der Waals surface area contributed by atoms with E-state index in [1.807, 2.05) is 41.0 Å². The van der Waals surface area contributed by atoms with Crippen LogP contribution in [0.3, 0.4) is 0 Å². The molecule has 37 heavy (non-hydrogen) atoms. The van der Waals surface area contributed by atoms with Crippen molar-refractivity contribution >= 4 is 34.2 Å². The zero-order chi connectivity index (χ0) is 25.8. The molecule has 0 unspecified atom stereocenters. The first-order chi connectivity index (χ1) is 18.0. The number of piperidine rings is 1. The number of fused-ring (bicyclic) bond motifs is 1. The molecule has 1 saturated heterocycles. The van der Waals surface area contributed by atoms with Crippen LogP contribution in [0.1, 0.15) is 29.2 Å². The lowest BCUT2D eigenvalue weighted by Crippen LogP contribution is -2.41. The first-order valence-corrected chi connectivity index (χ1v) is 12.3. The molecule has 4 aromatic rings. The van der Waals surface area contributed by atoms with Crippen molar-refractivity contribution in [2.75, 3.05) is 37.4 Å². The van der Waals surface area contributed by atoms with E-state index in [-0.39, 0.29) is 30.1 Å². The van der Waals surface area contributed by atoms with Gasteiger partial charge in [-0.05, 0) is 61.4 Å². The summed E-state index contributed by atoms with van der Waals surface area (Å²) in [7, 11) is 1.55. The zero-order valence-electron chi connectivity index (χ0n) is 20.6. The molecule has 9 nitrogen and oxygen atoms in total. The largest absolute Gasteiger partial charge is 0.495 e. The number of anilines is 2. The molecule has 5 rings (SSSR count). The molecule has 2 heterocycles. The third-order valence-electron chi connectivity index (χ3n) is 6.70. The van der Waals surface area contributed by atoms with Crippen molar-refractivity contribution in [3.63, 3.8) is 0 Å². The van der Waals surface area contributed by atoms with E-state index in [1.165, 1.54) is 0 Å². The summed E-state index contributed by atoms with van der Waals surface area (Å²) in [5, 5.41) is 5.74. The quantitative estimate of drug-likeness (QED) is 0.358. The first-order valence-electron chi connectivity index (χ1n) is 12.3. The topological polar surface area (TPSA) is 108 Å². The maximum Gasteiger partial charge on any atom is 0.326 e. The number of hydrogen-bond donors (Lipinski definition) is 3. The van der Waals surface area contributed by atoms with E-state index in [1.54, 1.807) is 43.5 Å². The number of ether oxygens (including phenoxy) is 1. The van der Waals surface area contributed by atoms with Gasteiger partial charge >= 0.3 is 5.69 Å². The summed E-state index contributed by atoms with van der Waals surface area (Å²) < 4.78 is 7.12. The molecule has 1 aliphatic rings. The van der Waals surface area contributed by atoms with Crippen LogP contribution in [0, 0.1) is 0 Å². The number of nitrogens with zero attached hydrogens (tertiary/aromatic N) is 2. The fourth-order valence-corrected chi connectivity index (χ4v) is 4.82. The van der Waals surface area contributed by atoms with E-state index in [0.29, 0.717) is 22.7 Å². The van der Waals surface area contributed by atoms with Crippen molar-refractivity contribution in [2.24, 2.45) is 0 Å². The van der Waals surface area contributed by atoms with Gasteiger partial charge in [0.15, 0.2) is 0 Å². The number of benzene rings is 3. The van der Waals surface area contributed by atoms with E-state index in [2.05, 4.69) is 20.5 Å². The predicted octanol–water partition coefficient (Wildman–Crippen LogP) is 3.87. The lowest BCUT2D eigenvalue weighted by Gasteiger charge is -2.32. The molecule has 1 aromatic heterocycles. The Morgan fingerprint density at radius 2 is 1.65 bits per heavy atom. The van der Waals surface area contributed by atoms with Gasteiger partial charge in [-0.1, -0.05) is 24.3 Å². The second-order valence-corrected chi connectivity index (χ2v) is 9.10. The maximum atomic E-state index is 12.6. The molecule has 190 valence electrons. The Bertz CT molecular complexity index is 1470. The molecule has 0 spiro atoms. The van der Waals surface area contributed by atoms with Crippen LogP contribution in [0.5, 0.6) is 5.75 Å². The highest BCUT2D eigenvalue weighted by molar-refractivity contribution is 6.05. The highest BCUT2D eigenvalue weighted by Gasteiger charge is 2.24. The fourth-order valence-electron chi connectivity index (χ4n) is 4.82. The molecular weight excluding hydrogens is 470 g/mol. The average Bonchev–Trinajstić information content (AvgIpc) is 3.25. The number of H-pyrrole nitrogens is 1. The number of amides is 2. The van der Waals surface area contributed by atoms with Crippen molar-refractivity contribution in [3.05, 3.63) is 88.8 Å². The highest BCUT2D eigenvalue weighted by atomic mass is 16.5. The van der Waals surface area contributed by atoms with Crippen molar-refractivity contribution < 1.29 is 14.3 Å². The lowest BCUT2D eigenvalue weighted by molar-refractivity contribution is -0.117. The van der Waals surface area contributed by atoms with Crippen LogP contribution in [0.2, 0.25) is 0 Å². The third-order valence-corrected chi connectivity index (χ3v) is 6.70. The van der Waals surface area contributed by atoms with Crippen molar-refractivity contribution in [2.45, 2.75) is 18.9 Å². The number of aromatic nitrogens is 2. The highest BCUT2D eigenvalue weighted by Crippen LogP contribution is 2.25. The van der Waals surface area contributed by atoms with E-state index >= 15 is 0 Å². The molecule has 3 aromatic carbocycles. The standard InChI is InChI=1S/C28H29N5O4/c1-37-25-9-5-3-7-23(25)30-27(35)19-10-12-20(13-11-19)29-26(34)18-32-16-14-21(15-17-32)33-24-8-4-2-6-22(24)31-28(33)36/h2-13,21H,14-18H2,1H3,(H,29,34)(H,30,35)(H,31,36). The van der Waals surface area contributed by atoms with Crippen molar-refractivity contribution in [1.29, 1.82) is 0 Å². The molecule has 1 fully saturated rings. The Labute approximate surface area is 214 Å². The summed E-state index contributed by atoms with van der Waals surface area (Å²) in [4.78, 5) is 42.7. The van der Waals surface area contributed by atoms with Gasteiger partial charge in [-0.3, -0.25) is 19.1 Å². The van der Waals surface area contributed by atoms with E-state index in [0.717, 1.165) is 37.0 Å². The number of carbonyl (C=O) groups is 2. The van der Waals surface area contributed by atoms with Gasteiger partial charge in [0, 0.05) is 30.4 Å². The SMILES string of the molecule is COc1ccccc1NC(=O)c1ccc(NC(=O)CN2CCC(n3c(=O)[nH]c4ccccc43)CC2)cc1. The van der Waals surface area contributed by atoms with Gasteiger partial charge in [0.05, 0.1) is 30.4 Å². The normalized spacial score (nSPS) is 14.4. The van der Waals surface area contributed by atoms with Gasteiger partial charge in [-0.25, -0.2) is 4.79 Å². The van der Waals surface area contributed by atoms with Gasteiger partial charge in [-0.15, -0.1) is 0 Å². The van der Waals surface area contributed by atoms with Crippen LogP contribution >= 0.6 is 0 Å². The zero-order valence-corrected chi connectivity index (χ0v) is 20.6. The van der Waals surface area contributed by atoms with E-state index in [4.69, 9.17) is 4.74 Å². The summed E-state index contributed by atoms with van der Waals surface area (Å²) in [6, 6.07) is 21.8. The monoisotopic (exact) mass is 499 g/mol. The Hall–Kier alpha value is -4.37. The number of para-hydroxylation sites is 4. The third kappa shape index (κ3) is 5.41. The number of imidazole rings is 1. The van der Waals surface area contributed by atoms with Crippen molar-refractivity contribution in [3.8, 4) is 5.75 Å². The Kier molecular flexibility index (Phi) is 7.04. The minimum Gasteiger partial charge on any atom is -0.495 e. The second-order valence-electron chi connectivity index (χ2n) is 9.10. The Morgan fingerprint density at radius 1 is 0.946 bits per heavy atom. The number of hydrogen-bond acceptors (Lipinski definition) is 5. The van der Waals surface area contributed by atoms with Crippen LogP contribution in [0.15, 0.2) is 77.6 Å². The Morgan fingerprint density at radius 3 is 2.41 bits per heavy atom. The summed E-state index contributed by atoms with van der Waals surface area (Å²) in [5.74, 6) is 0.200. The molecule has 3 N–H and O–H groups in total. The van der Waals surface area contributed by atoms with Crippen LogP contribution in [0.25, 0.3) is 11.0 Å². The van der Waals surface area contributed by atoms with E-state index < -0.39 is 0 Å². The number of nitrogens with one attached hydrogen (secondary N) is 3. The molecule has 1 aliphatic heterocycles. The average molecular weight is 500 g/mol. The predicted molar refractivity (Wildman–Crippen MR) is 143 cm³/mol. The molecule has 0 atom stereocenters. The Balaban J connectivity index is 1.13. The second kappa shape index (κ2) is 10.7. The minimum atomic E-state index is -0.264.